The number of aliphatic hydroxyl groups is 1. The van der Waals surface area contributed by atoms with Gasteiger partial charge in [-0.25, -0.2) is 0 Å². The fraction of sp³-hybridized carbons (Fsp3) is 0.308. The van der Waals surface area contributed by atoms with E-state index in [0.717, 1.165) is 0 Å². The van der Waals surface area contributed by atoms with Gasteiger partial charge in [0.25, 0.3) is 0 Å². The van der Waals surface area contributed by atoms with Crippen molar-refractivity contribution < 1.29 is 34.8 Å². The molecular formula is C26H25NO7. The van der Waals surface area contributed by atoms with E-state index in [1.807, 2.05) is 0 Å². The maximum Gasteiger partial charge on any atom is 0.202 e. The lowest BCUT2D eigenvalue weighted by Crippen LogP contribution is -2.50. The van der Waals surface area contributed by atoms with Gasteiger partial charge in [-0.2, -0.15) is 0 Å². The Labute approximate surface area is 195 Å². The normalized spacial score (nSPS) is 24.2. The van der Waals surface area contributed by atoms with E-state index in [4.69, 9.17) is 4.74 Å². The van der Waals surface area contributed by atoms with Crippen LogP contribution >= 0.6 is 0 Å². The predicted octanol–water partition coefficient (Wildman–Crippen LogP) is 2.84. The van der Waals surface area contributed by atoms with Crippen molar-refractivity contribution in [3.05, 3.63) is 63.7 Å². The predicted molar refractivity (Wildman–Crippen MR) is 124 cm³/mol. The van der Waals surface area contributed by atoms with Gasteiger partial charge >= 0.3 is 0 Å². The number of ether oxygens (including phenoxy) is 1. The third kappa shape index (κ3) is 3.03. The van der Waals surface area contributed by atoms with Crippen molar-refractivity contribution in [2.45, 2.75) is 44.6 Å². The van der Waals surface area contributed by atoms with Crippen molar-refractivity contribution in [3.8, 4) is 17.2 Å². The number of hydrogen-bond donors (Lipinski definition) is 5. The van der Waals surface area contributed by atoms with E-state index in [1.165, 1.54) is 24.3 Å². The van der Waals surface area contributed by atoms with Crippen molar-refractivity contribution in [2.24, 2.45) is 0 Å². The maximum absolute atomic E-state index is 13.5. The van der Waals surface area contributed by atoms with Gasteiger partial charge in [-0.15, -0.1) is 0 Å². The summed E-state index contributed by atoms with van der Waals surface area (Å²) in [5.74, 6) is -2.28. The van der Waals surface area contributed by atoms with Crippen LogP contribution in [0, 0.1) is 6.92 Å². The molecule has 176 valence electrons. The lowest BCUT2D eigenvalue weighted by atomic mass is 9.77. The van der Waals surface area contributed by atoms with Gasteiger partial charge in [-0.05, 0) is 50.4 Å². The number of ketones is 2. The fourth-order valence-electron chi connectivity index (χ4n) is 5.32. The molecule has 5 N–H and O–H groups in total. The Morgan fingerprint density at radius 2 is 1.74 bits per heavy atom. The fourth-order valence-corrected chi connectivity index (χ4v) is 5.32. The van der Waals surface area contributed by atoms with E-state index in [-0.39, 0.29) is 57.2 Å². The molecule has 0 radical (unpaired) electrons. The Bertz CT molecular complexity index is 1380. The molecule has 4 atom stereocenters. The van der Waals surface area contributed by atoms with Gasteiger partial charge in [0.2, 0.25) is 5.78 Å². The summed E-state index contributed by atoms with van der Waals surface area (Å²) >= 11 is 0. The lowest BCUT2D eigenvalue weighted by molar-refractivity contribution is -0.124. The minimum absolute atomic E-state index is 0.00633. The summed E-state index contributed by atoms with van der Waals surface area (Å²) in [5.41, 5.74) is 0.384. The van der Waals surface area contributed by atoms with Crippen molar-refractivity contribution in [3.63, 3.8) is 0 Å². The minimum Gasteiger partial charge on any atom is -0.507 e. The molecule has 0 aromatic heterocycles. The van der Waals surface area contributed by atoms with Crippen LogP contribution < -0.4 is 5.32 Å². The molecule has 8 nitrogen and oxygen atoms in total. The highest BCUT2D eigenvalue weighted by Crippen LogP contribution is 2.49. The van der Waals surface area contributed by atoms with Gasteiger partial charge in [0.05, 0.1) is 29.4 Å². The second kappa shape index (κ2) is 7.80. The standard InChI is InChI=1S/C26H25NO7/c1-10-7-13-18(16(29)8-10)21-22(25(32)19-12(24(21)31)5-4-6-15(19)28)26(33)20(13)17-9-14(27-3)23(30)11(2)34-17/h4-8,11,14,17,23,27-30,33H,9H2,1-3H3/t11-,14-,17-,23-/m1/s1. The Morgan fingerprint density at radius 3 is 2.44 bits per heavy atom. The summed E-state index contributed by atoms with van der Waals surface area (Å²) < 4.78 is 6.05. The van der Waals surface area contributed by atoms with Gasteiger partial charge in [0.15, 0.2) is 5.78 Å². The average molecular weight is 463 g/mol. The number of phenolic OH excluding ortho intramolecular Hbond substituents is 3. The Hall–Kier alpha value is -3.46. The average Bonchev–Trinajstić information content (AvgIpc) is 2.78. The first-order valence-electron chi connectivity index (χ1n) is 11.1. The Morgan fingerprint density at radius 1 is 1.00 bits per heavy atom. The number of aromatic hydroxyl groups is 3. The molecule has 1 heterocycles. The molecule has 3 aromatic carbocycles. The van der Waals surface area contributed by atoms with Crippen LogP contribution in [0.25, 0.3) is 10.8 Å². The summed E-state index contributed by atoms with van der Waals surface area (Å²) in [5, 5.41) is 46.8. The molecule has 0 bridgehead atoms. The summed E-state index contributed by atoms with van der Waals surface area (Å²) in [6.45, 7) is 3.48. The van der Waals surface area contributed by atoms with E-state index in [9.17, 15) is 30.0 Å². The number of phenols is 3. The van der Waals surface area contributed by atoms with Crippen LogP contribution in [-0.4, -0.2) is 57.3 Å². The highest BCUT2D eigenvalue weighted by molar-refractivity contribution is 6.34. The first-order chi connectivity index (χ1) is 16.1. The molecule has 0 unspecified atom stereocenters. The molecule has 5 rings (SSSR count). The van der Waals surface area contributed by atoms with E-state index in [1.54, 1.807) is 27.0 Å². The first-order valence-corrected chi connectivity index (χ1v) is 11.1. The molecule has 0 amide bonds. The van der Waals surface area contributed by atoms with Crippen LogP contribution in [0.5, 0.6) is 17.2 Å². The van der Waals surface area contributed by atoms with Gasteiger partial charge in [0.1, 0.15) is 17.2 Å². The van der Waals surface area contributed by atoms with E-state index in [0.29, 0.717) is 10.9 Å². The Balaban J connectivity index is 1.86. The first kappa shape index (κ1) is 22.3. The van der Waals surface area contributed by atoms with Crippen LogP contribution in [0.1, 0.15) is 62.4 Å². The van der Waals surface area contributed by atoms with Crippen molar-refractivity contribution in [1.29, 1.82) is 0 Å². The zero-order valence-electron chi connectivity index (χ0n) is 18.9. The monoisotopic (exact) mass is 463 g/mol. The molecule has 3 aromatic rings. The number of aliphatic hydroxyl groups excluding tert-OH is 1. The molecule has 1 aliphatic carbocycles. The van der Waals surface area contributed by atoms with Crippen LogP contribution in [0.3, 0.4) is 0 Å². The van der Waals surface area contributed by atoms with Crippen molar-refractivity contribution in [1.82, 2.24) is 5.32 Å². The highest BCUT2D eigenvalue weighted by Gasteiger charge is 2.42. The molecule has 0 saturated carbocycles. The summed E-state index contributed by atoms with van der Waals surface area (Å²) in [7, 11) is 1.71. The van der Waals surface area contributed by atoms with Crippen LogP contribution in [0.15, 0.2) is 30.3 Å². The Kier molecular flexibility index (Phi) is 5.12. The van der Waals surface area contributed by atoms with Gasteiger partial charge in [-0.3, -0.25) is 9.59 Å². The molecule has 34 heavy (non-hydrogen) atoms. The quantitative estimate of drug-likeness (QED) is 0.306. The number of fused-ring (bicyclic) bond motifs is 4. The van der Waals surface area contributed by atoms with Crippen LogP contribution in [0.2, 0.25) is 0 Å². The van der Waals surface area contributed by atoms with Gasteiger partial charge < -0.3 is 30.5 Å². The number of benzene rings is 3. The number of rotatable bonds is 2. The summed E-state index contributed by atoms with van der Waals surface area (Å²) in [6, 6.07) is 7.08. The molecular weight excluding hydrogens is 438 g/mol. The van der Waals surface area contributed by atoms with Crippen LogP contribution in [-0.2, 0) is 4.74 Å². The topological polar surface area (TPSA) is 136 Å². The largest absolute Gasteiger partial charge is 0.507 e. The highest BCUT2D eigenvalue weighted by atomic mass is 16.5. The molecule has 1 fully saturated rings. The smallest absolute Gasteiger partial charge is 0.202 e. The van der Waals surface area contributed by atoms with Crippen molar-refractivity contribution >= 4 is 22.3 Å². The van der Waals surface area contributed by atoms with Crippen LogP contribution in [0.4, 0.5) is 0 Å². The number of carbonyl (C=O) groups excluding carboxylic acids is 2. The number of likely N-dealkylation sites (N-methyl/N-ethyl adjacent to an activating group) is 1. The van der Waals surface area contributed by atoms with Crippen molar-refractivity contribution in [2.75, 3.05) is 7.05 Å². The molecule has 2 aliphatic rings. The zero-order valence-corrected chi connectivity index (χ0v) is 18.9. The summed E-state index contributed by atoms with van der Waals surface area (Å²) in [6.07, 6.45) is -1.82. The number of carbonyl (C=O) groups is 2. The SMILES string of the molecule is CN[C@@H]1C[C@H](c2c(O)c3c(c4c(O)cc(C)cc24)C(=O)c2cccc(O)c2C3=O)O[C@H](C)[C@H]1O. The molecule has 8 heteroatoms. The minimum atomic E-state index is -0.783. The molecule has 1 aliphatic heterocycles. The maximum atomic E-state index is 13.5. The lowest BCUT2D eigenvalue weighted by Gasteiger charge is -2.39. The number of hydrogen-bond acceptors (Lipinski definition) is 8. The second-order valence-corrected chi connectivity index (χ2v) is 9.03. The molecule has 0 spiro atoms. The van der Waals surface area contributed by atoms with E-state index < -0.39 is 35.6 Å². The summed E-state index contributed by atoms with van der Waals surface area (Å²) in [4.78, 5) is 27.1. The number of nitrogens with one attached hydrogen (secondary N) is 1. The van der Waals surface area contributed by atoms with Gasteiger partial charge in [-0.1, -0.05) is 18.2 Å². The third-order valence-corrected chi connectivity index (χ3v) is 6.95. The zero-order chi connectivity index (χ0) is 24.5. The molecule has 1 saturated heterocycles. The second-order valence-electron chi connectivity index (χ2n) is 9.03. The van der Waals surface area contributed by atoms with E-state index >= 15 is 0 Å². The third-order valence-electron chi connectivity index (χ3n) is 6.95. The number of aryl methyl sites for hydroxylation is 1. The van der Waals surface area contributed by atoms with Gasteiger partial charge in [0, 0.05) is 28.1 Å². The van der Waals surface area contributed by atoms with E-state index in [2.05, 4.69) is 5.32 Å².